The molecule has 0 aliphatic heterocycles. The van der Waals surface area contributed by atoms with E-state index in [1.807, 2.05) is 11.4 Å². The van der Waals surface area contributed by atoms with Gasteiger partial charge in [0.05, 0.1) is 4.90 Å². The van der Waals surface area contributed by atoms with Crippen molar-refractivity contribution in [2.24, 2.45) is 0 Å². The molecular formula is C14H14BrNO2S2. The number of halogens is 1. The molecule has 0 fully saturated rings. The molecule has 0 bridgehead atoms. The number of thiophene rings is 1. The van der Waals surface area contributed by atoms with Crippen LogP contribution in [-0.4, -0.2) is 8.42 Å². The molecule has 0 saturated heterocycles. The monoisotopic (exact) mass is 371 g/mol. The lowest BCUT2D eigenvalue weighted by molar-refractivity contribution is 0.511. The van der Waals surface area contributed by atoms with Gasteiger partial charge in [-0.05, 0) is 64.3 Å². The third kappa shape index (κ3) is 2.70. The highest BCUT2D eigenvalue weighted by molar-refractivity contribution is 9.10. The van der Waals surface area contributed by atoms with E-state index in [4.69, 9.17) is 0 Å². The van der Waals surface area contributed by atoms with E-state index in [1.54, 1.807) is 35.6 Å². The molecule has 3 rings (SSSR count). The minimum atomic E-state index is -3.50. The fourth-order valence-electron chi connectivity index (χ4n) is 2.52. The van der Waals surface area contributed by atoms with E-state index in [1.165, 1.54) is 4.88 Å². The van der Waals surface area contributed by atoms with E-state index >= 15 is 0 Å². The summed E-state index contributed by atoms with van der Waals surface area (Å²) >= 11 is 5.01. The Balaban J connectivity index is 1.91. The Morgan fingerprint density at radius 2 is 2.05 bits per heavy atom. The molecule has 0 amide bonds. The summed E-state index contributed by atoms with van der Waals surface area (Å²) in [4.78, 5) is 1.60. The lowest BCUT2D eigenvalue weighted by atomic mass is 9.95. The molecule has 1 aliphatic rings. The summed E-state index contributed by atoms with van der Waals surface area (Å²) in [7, 11) is -3.50. The standard InChI is InChI=1S/C14H14BrNO2S2/c15-11-4-1-2-7-14(11)20(17,18)16-12-5-3-6-13-10(12)8-9-19-13/h1-2,4,7-9,12,16H,3,5-6H2. The SMILES string of the molecule is O=S(=O)(NC1CCCc2sccc21)c1ccccc1Br. The number of nitrogens with one attached hydrogen (secondary N) is 1. The van der Waals surface area contributed by atoms with Crippen LogP contribution in [0.5, 0.6) is 0 Å². The zero-order chi connectivity index (χ0) is 14.2. The Morgan fingerprint density at radius 1 is 1.25 bits per heavy atom. The normalized spacial score (nSPS) is 18.8. The van der Waals surface area contributed by atoms with Gasteiger partial charge in [0.15, 0.2) is 0 Å². The van der Waals surface area contributed by atoms with Crippen LogP contribution in [0.4, 0.5) is 0 Å². The van der Waals surface area contributed by atoms with Crippen LogP contribution in [0.1, 0.15) is 29.3 Å². The second kappa shape index (κ2) is 5.60. The molecule has 0 radical (unpaired) electrons. The lowest BCUT2D eigenvalue weighted by Gasteiger charge is -2.23. The Labute approximate surface area is 131 Å². The van der Waals surface area contributed by atoms with Crippen LogP contribution < -0.4 is 4.72 Å². The minimum absolute atomic E-state index is 0.109. The largest absolute Gasteiger partial charge is 0.242 e. The highest BCUT2D eigenvalue weighted by atomic mass is 79.9. The quantitative estimate of drug-likeness (QED) is 0.889. The van der Waals surface area contributed by atoms with Gasteiger partial charge < -0.3 is 0 Å². The van der Waals surface area contributed by atoms with Crippen molar-refractivity contribution >= 4 is 37.3 Å². The van der Waals surface area contributed by atoms with Gasteiger partial charge in [-0.3, -0.25) is 0 Å². The smallest absolute Gasteiger partial charge is 0.207 e. The molecule has 0 saturated carbocycles. The van der Waals surface area contributed by atoms with E-state index in [9.17, 15) is 8.42 Å². The molecule has 6 heteroatoms. The molecule has 1 N–H and O–H groups in total. The second-order valence-electron chi connectivity index (χ2n) is 4.80. The van der Waals surface area contributed by atoms with Crippen molar-refractivity contribution in [2.75, 3.05) is 0 Å². The summed E-state index contributed by atoms with van der Waals surface area (Å²) in [6.45, 7) is 0. The average Bonchev–Trinajstić information content (AvgIpc) is 2.88. The second-order valence-corrected chi connectivity index (χ2v) is 8.33. The number of aryl methyl sites for hydroxylation is 1. The van der Waals surface area contributed by atoms with Gasteiger partial charge in [-0.2, -0.15) is 0 Å². The van der Waals surface area contributed by atoms with Crippen LogP contribution in [0.2, 0.25) is 0 Å². The summed E-state index contributed by atoms with van der Waals surface area (Å²) in [5.74, 6) is 0. The van der Waals surface area contributed by atoms with Crippen LogP contribution in [0.3, 0.4) is 0 Å². The number of hydrogen-bond acceptors (Lipinski definition) is 3. The van der Waals surface area contributed by atoms with Gasteiger partial charge in [0.2, 0.25) is 10.0 Å². The van der Waals surface area contributed by atoms with Crippen molar-refractivity contribution in [3.63, 3.8) is 0 Å². The van der Waals surface area contributed by atoms with Crippen molar-refractivity contribution in [1.29, 1.82) is 0 Å². The highest BCUT2D eigenvalue weighted by Crippen LogP contribution is 2.34. The first-order chi connectivity index (χ1) is 9.58. The number of hydrogen-bond donors (Lipinski definition) is 1. The van der Waals surface area contributed by atoms with Crippen molar-refractivity contribution in [3.05, 3.63) is 50.6 Å². The summed E-state index contributed by atoms with van der Waals surface area (Å²) < 4.78 is 28.5. The molecule has 1 aliphatic carbocycles. The van der Waals surface area contributed by atoms with Crippen LogP contribution in [-0.2, 0) is 16.4 Å². The van der Waals surface area contributed by atoms with Gasteiger partial charge in [-0.1, -0.05) is 12.1 Å². The predicted molar refractivity (Wildman–Crippen MR) is 84.5 cm³/mol. The van der Waals surface area contributed by atoms with Crippen molar-refractivity contribution in [1.82, 2.24) is 4.72 Å². The maximum atomic E-state index is 12.5. The molecule has 20 heavy (non-hydrogen) atoms. The van der Waals surface area contributed by atoms with Gasteiger partial charge in [0.25, 0.3) is 0 Å². The average molecular weight is 372 g/mol. The summed E-state index contributed by atoms with van der Waals surface area (Å²) in [5.41, 5.74) is 1.14. The van der Waals surface area contributed by atoms with E-state index in [2.05, 4.69) is 20.7 Å². The van der Waals surface area contributed by atoms with E-state index in [0.29, 0.717) is 9.37 Å². The maximum Gasteiger partial charge on any atom is 0.242 e. The first-order valence-corrected chi connectivity index (χ1v) is 9.56. The molecule has 0 spiro atoms. The fourth-order valence-corrected chi connectivity index (χ4v) is 5.76. The molecule has 1 aromatic carbocycles. The van der Waals surface area contributed by atoms with E-state index in [-0.39, 0.29) is 6.04 Å². The molecule has 1 unspecified atom stereocenters. The third-order valence-corrected chi connectivity index (χ3v) is 6.96. The van der Waals surface area contributed by atoms with E-state index in [0.717, 1.165) is 24.8 Å². The molecule has 1 atom stereocenters. The van der Waals surface area contributed by atoms with Crippen molar-refractivity contribution < 1.29 is 8.42 Å². The zero-order valence-corrected chi connectivity index (χ0v) is 13.9. The summed E-state index contributed by atoms with van der Waals surface area (Å²) in [5, 5.41) is 2.04. The number of fused-ring (bicyclic) bond motifs is 1. The van der Waals surface area contributed by atoms with Crippen LogP contribution in [0.25, 0.3) is 0 Å². The Kier molecular flexibility index (Phi) is 3.99. The van der Waals surface area contributed by atoms with E-state index < -0.39 is 10.0 Å². The lowest BCUT2D eigenvalue weighted by Crippen LogP contribution is -2.30. The van der Waals surface area contributed by atoms with Gasteiger partial charge >= 0.3 is 0 Å². The Morgan fingerprint density at radius 3 is 2.85 bits per heavy atom. The summed E-state index contributed by atoms with van der Waals surface area (Å²) in [6, 6.07) is 8.82. The van der Waals surface area contributed by atoms with Crippen LogP contribution >= 0.6 is 27.3 Å². The van der Waals surface area contributed by atoms with Gasteiger partial charge in [0.1, 0.15) is 0 Å². The Hall–Kier alpha value is -0.690. The molecule has 1 aromatic heterocycles. The fraction of sp³-hybridized carbons (Fsp3) is 0.286. The number of sulfonamides is 1. The van der Waals surface area contributed by atoms with Gasteiger partial charge in [0, 0.05) is 15.4 Å². The van der Waals surface area contributed by atoms with Gasteiger partial charge in [-0.25, -0.2) is 13.1 Å². The number of benzene rings is 1. The molecule has 106 valence electrons. The molecule has 3 nitrogen and oxygen atoms in total. The topological polar surface area (TPSA) is 46.2 Å². The molecular weight excluding hydrogens is 358 g/mol. The van der Waals surface area contributed by atoms with Crippen molar-refractivity contribution in [3.8, 4) is 0 Å². The maximum absolute atomic E-state index is 12.5. The summed E-state index contributed by atoms with van der Waals surface area (Å²) in [6.07, 6.45) is 2.93. The highest BCUT2D eigenvalue weighted by Gasteiger charge is 2.27. The third-order valence-electron chi connectivity index (χ3n) is 3.48. The van der Waals surface area contributed by atoms with Crippen LogP contribution in [0, 0.1) is 0 Å². The minimum Gasteiger partial charge on any atom is -0.207 e. The van der Waals surface area contributed by atoms with Crippen molar-refractivity contribution in [2.45, 2.75) is 30.2 Å². The number of rotatable bonds is 3. The van der Waals surface area contributed by atoms with Gasteiger partial charge in [-0.15, -0.1) is 11.3 Å². The van der Waals surface area contributed by atoms with Crippen LogP contribution in [0.15, 0.2) is 45.1 Å². The first kappa shape index (κ1) is 14.3. The molecule has 2 aromatic rings. The molecule has 1 heterocycles. The first-order valence-electron chi connectivity index (χ1n) is 6.41. The Bertz CT molecular complexity index is 724. The zero-order valence-electron chi connectivity index (χ0n) is 10.7. The predicted octanol–water partition coefficient (Wildman–Crippen LogP) is 3.87.